The Balaban J connectivity index is 1.46. The Morgan fingerprint density at radius 1 is 0.966 bits per heavy atom. The van der Waals surface area contributed by atoms with Crippen LogP contribution in [0.4, 0.5) is 11.5 Å². The number of aromatic nitrogens is 5. The third-order valence-electron chi connectivity index (χ3n) is 4.54. The molecule has 0 N–H and O–H groups in total. The van der Waals surface area contributed by atoms with E-state index in [1.165, 1.54) is 52.2 Å². The van der Waals surface area contributed by atoms with Gasteiger partial charge in [-0.05, 0) is 12.1 Å². The minimum atomic E-state index is -3.72. The second kappa shape index (κ2) is 7.52. The van der Waals surface area contributed by atoms with E-state index < -0.39 is 14.9 Å². The molecule has 0 radical (unpaired) electrons. The molecule has 0 saturated carbocycles. The number of nitrogens with zero attached hydrogens (tertiary/aromatic N) is 8. The van der Waals surface area contributed by atoms with Crippen LogP contribution < -0.4 is 4.90 Å². The van der Waals surface area contributed by atoms with Gasteiger partial charge in [0.05, 0.1) is 9.82 Å². The Morgan fingerprint density at radius 2 is 1.66 bits per heavy atom. The fourth-order valence-electron chi connectivity index (χ4n) is 3.01. The molecule has 1 saturated heterocycles. The molecule has 3 heterocycles. The average Bonchev–Trinajstić information content (AvgIpc) is 3.29. The lowest BCUT2D eigenvalue weighted by atomic mass is 10.3. The molecule has 1 aliphatic heterocycles. The van der Waals surface area contributed by atoms with Gasteiger partial charge in [0.1, 0.15) is 24.8 Å². The second-order valence-electron chi connectivity index (χ2n) is 6.22. The quantitative estimate of drug-likeness (QED) is 0.429. The topological polar surface area (TPSA) is 140 Å². The van der Waals surface area contributed by atoms with Gasteiger partial charge in [-0.1, -0.05) is 0 Å². The van der Waals surface area contributed by atoms with Gasteiger partial charge in [0, 0.05) is 44.4 Å². The van der Waals surface area contributed by atoms with Crippen LogP contribution in [0, 0.1) is 10.1 Å². The molecule has 0 bridgehead atoms. The van der Waals surface area contributed by atoms with Crippen molar-refractivity contribution < 1.29 is 13.3 Å². The summed E-state index contributed by atoms with van der Waals surface area (Å²) in [6.45, 7) is 1.42. The summed E-state index contributed by atoms with van der Waals surface area (Å²) in [6.07, 6.45) is 4.36. The van der Waals surface area contributed by atoms with Crippen molar-refractivity contribution in [2.24, 2.45) is 0 Å². The van der Waals surface area contributed by atoms with Crippen LogP contribution in [-0.4, -0.2) is 68.6 Å². The standard InChI is InChI=1S/C16H16N8O4S/c25-24(26)13-1-3-14(4-2-13)29(27,28)22-7-5-21(6-8-22)15-9-16(19-11-18-15)23-12-17-10-20-23/h1-4,9-12H,5-8H2. The highest BCUT2D eigenvalue weighted by Crippen LogP contribution is 2.22. The van der Waals surface area contributed by atoms with E-state index in [-0.39, 0.29) is 23.7 Å². The lowest BCUT2D eigenvalue weighted by Crippen LogP contribution is -2.48. The van der Waals surface area contributed by atoms with E-state index in [0.717, 1.165) is 0 Å². The van der Waals surface area contributed by atoms with Crippen molar-refractivity contribution in [2.75, 3.05) is 31.1 Å². The highest BCUT2D eigenvalue weighted by atomic mass is 32.2. The van der Waals surface area contributed by atoms with E-state index in [4.69, 9.17) is 0 Å². The third-order valence-corrected chi connectivity index (χ3v) is 6.45. The zero-order valence-corrected chi connectivity index (χ0v) is 15.9. The van der Waals surface area contributed by atoms with Crippen LogP contribution in [0.5, 0.6) is 0 Å². The van der Waals surface area contributed by atoms with Crippen LogP contribution in [0.1, 0.15) is 0 Å². The Bertz CT molecular complexity index is 1110. The van der Waals surface area contributed by atoms with Gasteiger partial charge in [0.25, 0.3) is 5.69 Å². The Morgan fingerprint density at radius 3 is 2.28 bits per heavy atom. The number of rotatable bonds is 5. The van der Waals surface area contributed by atoms with Crippen molar-refractivity contribution in [3.63, 3.8) is 0 Å². The van der Waals surface area contributed by atoms with E-state index in [0.29, 0.717) is 24.7 Å². The summed E-state index contributed by atoms with van der Waals surface area (Å²) in [5.74, 6) is 1.23. The molecule has 1 fully saturated rings. The number of non-ortho nitro benzene ring substituents is 1. The number of nitro groups is 1. The van der Waals surface area contributed by atoms with Crippen LogP contribution in [0.15, 0.2) is 54.2 Å². The highest BCUT2D eigenvalue weighted by Gasteiger charge is 2.29. The summed E-state index contributed by atoms with van der Waals surface area (Å²) in [7, 11) is -3.72. The largest absolute Gasteiger partial charge is 0.354 e. The third kappa shape index (κ3) is 3.77. The van der Waals surface area contributed by atoms with Crippen molar-refractivity contribution in [1.82, 2.24) is 29.0 Å². The van der Waals surface area contributed by atoms with Crippen LogP contribution in [0.3, 0.4) is 0 Å². The fourth-order valence-corrected chi connectivity index (χ4v) is 4.43. The van der Waals surface area contributed by atoms with E-state index in [1.54, 1.807) is 6.07 Å². The zero-order chi connectivity index (χ0) is 20.4. The Hall–Kier alpha value is -3.45. The van der Waals surface area contributed by atoms with E-state index in [9.17, 15) is 18.5 Å². The van der Waals surface area contributed by atoms with Crippen molar-refractivity contribution in [3.8, 4) is 5.82 Å². The number of anilines is 1. The Labute approximate surface area is 165 Å². The minimum Gasteiger partial charge on any atom is -0.354 e. The van der Waals surface area contributed by atoms with Gasteiger partial charge >= 0.3 is 0 Å². The molecule has 1 aliphatic rings. The minimum absolute atomic E-state index is 0.0343. The molecule has 13 heteroatoms. The van der Waals surface area contributed by atoms with Crippen molar-refractivity contribution in [2.45, 2.75) is 4.90 Å². The molecule has 3 aromatic rings. The highest BCUT2D eigenvalue weighted by molar-refractivity contribution is 7.89. The monoisotopic (exact) mass is 416 g/mol. The lowest BCUT2D eigenvalue weighted by Gasteiger charge is -2.34. The molecule has 150 valence electrons. The van der Waals surface area contributed by atoms with Gasteiger partial charge in [0.2, 0.25) is 10.0 Å². The summed E-state index contributed by atoms with van der Waals surface area (Å²) in [4.78, 5) is 24.5. The smallest absolute Gasteiger partial charge is 0.269 e. The number of benzene rings is 1. The molecule has 0 amide bonds. The molecule has 0 spiro atoms. The van der Waals surface area contributed by atoms with Gasteiger partial charge in [-0.25, -0.2) is 28.1 Å². The normalized spacial score (nSPS) is 15.4. The van der Waals surface area contributed by atoms with E-state index in [2.05, 4.69) is 20.1 Å². The number of hydrogen-bond donors (Lipinski definition) is 0. The summed E-state index contributed by atoms with van der Waals surface area (Å²) in [6, 6.07) is 6.66. The second-order valence-corrected chi connectivity index (χ2v) is 8.15. The first-order valence-electron chi connectivity index (χ1n) is 8.62. The van der Waals surface area contributed by atoms with Crippen molar-refractivity contribution in [3.05, 3.63) is 59.4 Å². The van der Waals surface area contributed by atoms with E-state index >= 15 is 0 Å². The van der Waals surface area contributed by atoms with E-state index in [1.807, 2.05) is 4.90 Å². The molecule has 0 unspecified atom stereocenters. The summed E-state index contributed by atoms with van der Waals surface area (Å²) in [5.41, 5.74) is -0.152. The maximum Gasteiger partial charge on any atom is 0.269 e. The van der Waals surface area contributed by atoms with Crippen LogP contribution >= 0.6 is 0 Å². The summed E-state index contributed by atoms with van der Waals surface area (Å²) in [5, 5.41) is 14.8. The van der Waals surface area contributed by atoms with Crippen LogP contribution in [-0.2, 0) is 10.0 Å². The molecule has 2 aromatic heterocycles. The number of nitro benzene ring substituents is 1. The molecule has 29 heavy (non-hydrogen) atoms. The number of piperazine rings is 1. The molecule has 0 aliphatic carbocycles. The molecule has 12 nitrogen and oxygen atoms in total. The van der Waals surface area contributed by atoms with Gasteiger partial charge < -0.3 is 4.90 Å². The maximum absolute atomic E-state index is 12.8. The van der Waals surface area contributed by atoms with Crippen LogP contribution in [0.2, 0.25) is 0 Å². The van der Waals surface area contributed by atoms with Gasteiger partial charge in [-0.3, -0.25) is 10.1 Å². The molecular formula is C16H16N8O4S. The molecule has 0 atom stereocenters. The van der Waals surface area contributed by atoms with Crippen molar-refractivity contribution in [1.29, 1.82) is 0 Å². The summed E-state index contributed by atoms with van der Waals surface area (Å²) >= 11 is 0. The molecular weight excluding hydrogens is 400 g/mol. The first-order chi connectivity index (χ1) is 13.9. The first-order valence-corrected chi connectivity index (χ1v) is 10.1. The lowest BCUT2D eigenvalue weighted by molar-refractivity contribution is -0.384. The maximum atomic E-state index is 12.8. The Kier molecular flexibility index (Phi) is 4.90. The van der Waals surface area contributed by atoms with Crippen molar-refractivity contribution >= 4 is 21.5 Å². The SMILES string of the molecule is O=[N+]([O-])c1ccc(S(=O)(=O)N2CCN(c3cc(-n4cncn4)ncn3)CC2)cc1. The first kappa shape index (κ1) is 18.9. The predicted molar refractivity (Wildman–Crippen MR) is 101 cm³/mol. The fraction of sp³-hybridized carbons (Fsp3) is 0.250. The predicted octanol–water partition coefficient (Wildman–Crippen LogP) is 0.476. The average molecular weight is 416 g/mol. The van der Waals surface area contributed by atoms with Gasteiger partial charge in [0.15, 0.2) is 5.82 Å². The van der Waals surface area contributed by atoms with Gasteiger partial charge in [-0.2, -0.15) is 9.40 Å². The zero-order valence-electron chi connectivity index (χ0n) is 15.1. The van der Waals surface area contributed by atoms with Crippen LogP contribution in [0.25, 0.3) is 5.82 Å². The number of sulfonamides is 1. The summed E-state index contributed by atoms with van der Waals surface area (Å²) < 4.78 is 28.5. The van der Waals surface area contributed by atoms with Gasteiger partial charge in [-0.15, -0.1) is 0 Å². The number of hydrogen-bond acceptors (Lipinski definition) is 9. The molecule has 1 aromatic carbocycles. The molecule has 4 rings (SSSR count).